The number of fused-ring (bicyclic) bond motifs is 1. The van der Waals surface area contributed by atoms with Crippen LogP contribution < -0.4 is 0 Å². The molecule has 6 heteroatoms. The van der Waals surface area contributed by atoms with Crippen molar-refractivity contribution in [3.63, 3.8) is 0 Å². The first kappa shape index (κ1) is 12.6. The molecule has 0 spiro atoms. The van der Waals surface area contributed by atoms with Gasteiger partial charge in [-0.25, -0.2) is 9.97 Å². The lowest BCUT2D eigenvalue weighted by atomic mass is 10.1. The van der Waals surface area contributed by atoms with E-state index in [1.807, 2.05) is 0 Å². The van der Waals surface area contributed by atoms with Crippen molar-refractivity contribution in [3.05, 3.63) is 22.1 Å². The minimum absolute atomic E-state index is 0.280. The third kappa shape index (κ3) is 2.89. The van der Waals surface area contributed by atoms with Gasteiger partial charge in [0.05, 0.1) is 10.5 Å². The Balaban J connectivity index is 2.25. The van der Waals surface area contributed by atoms with Crippen LogP contribution in [0.4, 0.5) is 0 Å². The summed E-state index contributed by atoms with van der Waals surface area (Å²) in [5.74, 6) is 1.27. The summed E-state index contributed by atoms with van der Waals surface area (Å²) >= 11 is 11.7. The van der Waals surface area contributed by atoms with Crippen molar-refractivity contribution in [1.82, 2.24) is 15.0 Å². The van der Waals surface area contributed by atoms with Crippen molar-refractivity contribution in [1.29, 1.82) is 0 Å². The summed E-state index contributed by atoms with van der Waals surface area (Å²) in [6, 6.07) is 1.74. The van der Waals surface area contributed by atoms with Crippen molar-refractivity contribution in [3.8, 4) is 0 Å². The molecule has 0 radical (unpaired) electrons. The molecule has 2 rings (SSSR count). The molecule has 0 fully saturated rings. The van der Waals surface area contributed by atoms with E-state index < -0.39 is 0 Å². The average Bonchev–Trinajstić information content (AvgIpc) is 2.60. The second kappa shape index (κ2) is 5.21. The van der Waals surface area contributed by atoms with E-state index in [0.717, 1.165) is 17.8 Å². The summed E-state index contributed by atoms with van der Waals surface area (Å²) < 4.78 is 5.09. The number of aromatic nitrogens is 3. The van der Waals surface area contributed by atoms with Crippen LogP contribution in [0.15, 0.2) is 6.07 Å². The van der Waals surface area contributed by atoms with Gasteiger partial charge in [-0.2, -0.15) is 0 Å². The number of rotatable bonds is 4. The number of ether oxygens (including phenoxy) is 1. The molecule has 0 saturated carbocycles. The molecule has 4 nitrogen and oxygen atoms in total. The van der Waals surface area contributed by atoms with Gasteiger partial charge >= 0.3 is 0 Å². The van der Waals surface area contributed by atoms with Gasteiger partial charge in [0.15, 0.2) is 5.65 Å². The molecule has 0 saturated heterocycles. The normalized spacial score (nSPS) is 13.2. The highest BCUT2D eigenvalue weighted by molar-refractivity contribution is 6.41. The second-order valence-electron chi connectivity index (χ2n) is 4.08. The lowest BCUT2D eigenvalue weighted by molar-refractivity contribution is 0.159. The number of aromatic amines is 1. The van der Waals surface area contributed by atoms with E-state index in [9.17, 15) is 0 Å². The standard InChI is InChI=1S/C11H13Cl2N3O/c1-6(5-17-2)3-9-14-8-4-7(12)10(13)16-11(8)15-9/h4,6H,3,5H2,1-2H3,(H,14,15,16). The molecule has 1 unspecified atom stereocenters. The number of hydrogen-bond acceptors (Lipinski definition) is 3. The van der Waals surface area contributed by atoms with Gasteiger partial charge in [0.25, 0.3) is 0 Å². The van der Waals surface area contributed by atoms with E-state index in [0.29, 0.717) is 23.2 Å². The first-order valence-corrected chi connectivity index (χ1v) is 6.05. The summed E-state index contributed by atoms with van der Waals surface area (Å²) in [6.45, 7) is 2.80. The monoisotopic (exact) mass is 273 g/mol. The van der Waals surface area contributed by atoms with Gasteiger partial charge in [-0.15, -0.1) is 0 Å². The fourth-order valence-electron chi connectivity index (χ4n) is 1.72. The molecule has 0 aliphatic rings. The summed E-state index contributed by atoms with van der Waals surface area (Å²) in [4.78, 5) is 11.7. The average molecular weight is 274 g/mol. The molecule has 0 aliphatic carbocycles. The van der Waals surface area contributed by atoms with Crippen LogP contribution in [0.25, 0.3) is 11.2 Å². The van der Waals surface area contributed by atoms with Crippen LogP contribution >= 0.6 is 23.2 Å². The first-order chi connectivity index (χ1) is 8.10. The molecular weight excluding hydrogens is 261 g/mol. The Morgan fingerprint density at radius 2 is 2.18 bits per heavy atom. The Bertz CT molecular complexity index is 488. The van der Waals surface area contributed by atoms with Crippen LogP contribution in [0.5, 0.6) is 0 Å². The smallest absolute Gasteiger partial charge is 0.179 e. The largest absolute Gasteiger partial charge is 0.384 e. The Hall–Kier alpha value is -0.840. The third-order valence-corrected chi connectivity index (χ3v) is 3.10. The zero-order chi connectivity index (χ0) is 12.4. The maximum Gasteiger partial charge on any atom is 0.179 e. The molecule has 0 bridgehead atoms. The van der Waals surface area contributed by atoms with Crippen molar-refractivity contribution >= 4 is 34.4 Å². The zero-order valence-corrected chi connectivity index (χ0v) is 11.1. The zero-order valence-electron chi connectivity index (χ0n) is 9.63. The van der Waals surface area contributed by atoms with Gasteiger partial charge in [0.2, 0.25) is 0 Å². The van der Waals surface area contributed by atoms with E-state index in [1.165, 1.54) is 0 Å². The van der Waals surface area contributed by atoms with Crippen molar-refractivity contribution < 1.29 is 4.74 Å². The van der Waals surface area contributed by atoms with Gasteiger partial charge in [0, 0.05) is 20.1 Å². The summed E-state index contributed by atoms with van der Waals surface area (Å²) in [5, 5.41) is 0.710. The first-order valence-electron chi connectivity index (χ1n) is 5.29. The molecule has 17 heavy (non-hydrogen) atoms. The van der Waals surface area contributed by atoms with E-state index >= 15 is 0 Å². The van der Waals surface area contributed by atoms with E-state index in [2.05, 4.69) is 21.9 Å². The Kier molecular flexibility index (Phi) is 3.86. The molecular formula is C11H13Cl2N3O. The number of hydrogen-bond donors (Lipinski definition) is 1. The molecule has 0 aromatic carbocycles. The molecule has 0 amide bonds. The number of H-pyrrole nitrogens is 1. The Morgan fingerprint density at radius 1 is 1.41 bits per heavy atom. The minimum atomic E-state index is 0.280. The molecule has 92 valence electrons. The highest BCUT2D eigenvalue weighted by atomic mass is 35.5. The SMILES string of the molecule is COCC(C)Cc1nc2nc(Cl)c(Cl)cc2[nH]1. The summed E-state index contributed by atoms with van der Waals surface area (Å²) in [5.41, 5.74) is 1.40. The quantitative estimate of drug-likeness (QED) is 0.871. The predicted octanol–water partition coefficient (Wildman–Crippen LogP) is 3.09. The van der Waals surface area contributed by atoms with E-state index in [1.54, 1.807) is 13.2 Å². The summed E-state index contributed by atoms with van der Waals surface area (Å²) in [6.07, 6.45) is 0.805. The Labute approximate surface area is 109 Å². The second-order valence-corrected chi connectivity index (χ2v) is 4.85. The van der Waals surface area contributed by atoms with Gasteiger partial charge in [-0.3, -0.25) is 0 Å². The number of pyridine rings is 1. The number of halogens is 2. The van der Waals surface area contributed by atoms with Crippen LogP contribution in [0.3, 0.4) is 0 Å². The fraction of sp³-hybridized carbons (Fsp3) is 0.455. The number of methoxy groups -OCH3 is 1. The summed E-state index contributed by atoms with van der Waals surface area (Å²) in [7, 11) is 1.69. The van der Waals surface area contributed by atoms with Crippen LogP contribution in [0.1, 0.15) is 12.7 Å². The van der Waals surface area contributed by atoms with E-state index in [4.69, 9.17) is 27.9 Å². The molecule has 1 atom stereocenters. The third-order valence-electron chi connectivity index (χ3n) is 2.43. The molecule has 2 aromatic heterocycles. The van der Waals surface area contributed by atoms with Crippen LogP contribution in [0, 0.1) is 5.92 Å². The molecule has 2 aromatic rings. The van der Waals surface area contributed by atoms with Crippen LogP contribution in [-0.4, -0.2) is 28.7 Å². The maximum absolute atomic E-state index is 5.89. The van der Waals surface area contributed by atoms with Gasteiger partial charge in [-0.05, 0) is 12.0 Å². The fourth-order valence-corrected chi connectivity index (χ4v) is 2.00. The van der Waals surface area contributed by atoms with Crippen molar-refractivity contribution in [2.45, 2.75) is 13.3 Å². The molecule has 2 heterocycles. The predicted molar refractivity (Wildman–Crippen MR) is 68.7 cm³/mol. The van der Waals surface area contributed by atoms with Gasteiger partial charge < -0.3 is 9.72 Å². The molecule has 1 N–H and O–H groups in total. The maximum atomic E-state index is 5.89. The van der Waals surface area contributed by atoms with E-state index in [-0.39, 0.29) is 5.15 Å². The topological polar surface area (TPSA) is 50.8 Å². The Morgan fingerprint density at radius 3 is 2.88 bits per heavy atom. The van der Waals surface area contributed by atoms with Crippen LogP contribution in [-0.2, 0) is 11.2 Å². The highest BCUT2D eigenvalue weighted by Gasteiger charge is 2.10. The minimum Gasteiger partial charge on any atom is -0.384 e. The van der Waals surface area contributed by atoms with Crippen molar-refractivity contribution in [2.75, 3.05) is 13.7 Å². The highest BCUT2D eigenvalue weighted by Crippen LogP contribution is 2.23. The lowest BCUT2D eigenvalue weighted by Crippen LogP contribution is -2.07. The van der Waals surface area contributed by atoms with Crippen LogP contribution in [0.2, 0.25) is 10.2 Å². The van der Waals surface area contributed by atoms with Gasteiger partial charge in [0.1, 0.15) is 11.0 Å². The number of imidazole rings is 1. The number of nitrogens with one attached hydrogen (secondary N) is 1. The van der Waals surface area contributed by atoms with Crippen molar-refractivity contribution in [2.24, 2.45) is 5.92 Å². The van der Waals surface area contributed by atoms with Gasteiger partial charge in [-0.1, -0.05) is 30.1 Å². The lowest BCUT2D eigenvalue weighted by Gasteiger charge is -2.06. The number of nitrogens with zero attached hydrogens (tertiary/aromatic N) is 2. The molecule has 0 aliphatic heterocycles.